The number of rotatable bonds is 3. The number of hydrogen-bond donors (Lipinski definition) is 0. The molecule has 25 heavy (non-hydrogen) atoms. The Morgan fingerprint density at radius 2 is 2.08 bits per heavy atom. The fraction of sp³-hybridized carbons (Fsp3) is 0.316. The second kappa shape index (κ2) is 6.27. The zero-order valence-corrected chi connectivity index (χ0v) is 14.0. The molecule has 1 unspecified atom stereocenters. The summed E-state index contributed by atoms with van der Waals surface area (Å²) in [6.45, 7) is 2.91. The standard InChI is InChI=1S/C19H19FN4O/c1-13(25)18-15(20)7-4-8-16(18)23-10-5-6-14(12-23)19-22-21-17-9-2-3-11-24(17)19/h2-4,7-9,11,14H,5-6,10,12H2,1H3. The number of pyridine rings is 1. The van der Waals surface area contributed by atoms with E-state index in [0.717, 1.165) is 30.9 Å². The SMILES string of the molecule is CC(=O)c1c(F)cccc1N1CCCC(c2nnc3ccccn23)C1. The maximum atomic E-state index is 14.2. The van der Waals surface area contributed by atoms with Crippen molar-refractivity contribution in [1.82, 2.24) is 14.6 Å². The van der Waals surface area contributed by atoms with Gasteiger partial charge in [0.2, 0.25) is 0 Å². The molecule has 3 heterocycles. The Hall–Kier alpha value is -2.76. The van der Waals surface area contributed by atoms with Crippen LogP contribution in [0.4, 0.5) is 10.1 Å². The lowest BCUT2D eigenvalue weighted by Crippen LogP contribution is -2.36. The summed E-state index contributed by atoms with van der Waals surface area (Å²) in [6.07, 6.45) is 3.92. The summed E-state index contributed by atoms with van der Waals surface area (Å²) in [5.74, 6) is 0.401. The Labute approximate surface area is 145 Å². The molecule has 0 aliphatic carbocycles. The van der Waals surface area contributed by atoms with Crippen LogP contribution >= 0.6 is 0 Å². The Morgan fingerprint density at radius 1 is 1.20 bits per heavy atom. The van der Waals surface area contributed by atoms with E-state index in [1.54, 1.807) is 6.07 Å². The normalized spacial score (nSPS) is 17.8. The van der Waals surface area contributed by atoms with Crippen molar-refractivity contribution >= 4 is 17.1 Å². The van der Waals surface area contributed by atoms with Crippen molar-refractivity contribution in [3.63, 3.8) is 0 Å². The highest BCUT2D eigenvalue weighted by atomic mass is 19.1. The highest BCUT2D eigenvalue weighted by Gasteiger charge is 2.27. The molecule has 1 saturated heterocycles. The molecule has 0 N–H and O–H groups in total. The Morgan fingerprint density at radius 3 is 2.92 bits per heavy atom. The van der Waals surface area contributed by atoms with E-state index in [-0.39, 0.29) is 17.3 Å². The number of carbonyl (C=O) groups excluding carboxylic acids is 1. The van der Waals surface area contributed by atoms with Crippen LogP contribution in [-0.4, -0.2) is 33.5 Å². The van der Waals surface area contributed by atoms with E-state index in [9.17, 15) is 9.18 Å². The van der Waals surface area contributed by atoms with Gasteiger partial charge in [0.25, 0.3) is 0 Å². The Kier molecular flexibility index (Phi) is 3.95. The molecule has 1 atom stereocenters. The first kappa shape index (κ1) is 15.7. The molecule has 0 amide bonds. The van der Waals surface area contributed by atoms with Crippen LogP contribution in [-0.2, 0) is 0 Å². The summed E-state index contributed by atoms with van der Waals surface area (Å²) in [5.41, 5.74) is 1.67. The number of carbonyl (C=O) groups is 1. The van der Waals surface area contributed by atoms with Gasteiger partial charge in [0.15, 0.2) is 11.4 Å². The summed E-state index contributed by atoms with van der Waals surface area (Å²) in [4.78, 5) is 14.0. The minimum atomic E-state index is -0.458. The number of Topliss-reactive ketones (excluding diaryl/α,β-unsaturated/α-hetero) is 1. The minimum absolute atomic E-state index is 0.175. The number of aromatic nitrogens is 3. The number of hydrogen-bond acceptors (Lipinski definition) is 4. The number of halogens is 1. The third-order valence-corrected chi connectivity index (χ3v) is 4.81. The summed E-state index contributed by atoms with van der Waals surface area (Å²) < 4.78 is 16.2. The summed E-state index contributed by atoms with van der Waals surface area (Å²) >= 11 is 0. The van der Waals surface area contributed by atoms with Crippen molar-refractivity contribution in [1.29, 1.82) is 0 Å². The third-order valence-electron chi connectivity index (χ3n) is 4.81. The van der Waals surface area contributed by atoms with Crippen LogP contribution in [0.2, 0.25) is 0 Å². The molecule has 3 aromatic rings. The molecule has 0 saturated carbocycles. The summed E-state index contributed by atoms with van der Waals surface area (Å²) in [6, 6.07) is 10.6. The molecule has 1 fully saturated rings. The molecule has 128 valence electrons. The summed E-state index contributed by atoms with van der Waals surface area (Å²) in [5, 5.41) is 8.60. The van der Waals surface area contributed by atoms with Gasteiger partial charge in [0.05, 0.1) is 11.3 Å². The first-order chi connectivity index (χ1) is 12.1. The van der Waals surface area contributed by atoms with E-state index in [2.05, 4.69) is 15.1 Å². The van der Waals surface area contributed by atoms with Crippen molar-refractivity contribution in [2.75, 3.05) is 18.0 Å². The van der Waals surface area contributed by atoms with Gasteiger partial charge in [0.1, 0.15) is 11.6 Å². The number of benzene rings is 1. The topological polar surface area (TPSA) is 50.5 Å². The van der Waals surface area contributed by atoms with Gasteiger partial charge in [-0.05, 0) is 44.0 Å². The maximum absolute atomic E-state index is 14.2. The number of anilines is 1. The zero-order chi connectivity index (χ0) is 17.4. The molecule has 1 aliphatic rings. The molecule has 1 aliphatic heterocycles. The quantitative estimate of drug-likeness (QED) is 0.686. The molecule has 0 spiro atoms. The number of nitrogens with zero attached hydrogens (tertiary/aromatic N) is 4. The van der Waals surface area contributed by atoms with Gasteiger partial charge in [0, 0.05) is 25.2 Å². The highest BCUT2D eigenvalue weighted by molar-refractivity contribution is 6.00. The van der Waals surface area contributed by atoms with E-state index in [1.807, 2.05) is 34.9 Å². The Balaban J connectivity index is 1.68. The van der Waals surface area contributed by atoms with Crippen LogP contribution < -0.4 is 4.90 Å². The summed E-state index contributed by atoms with van der Waals surface area (Å²) in [7, 11) is 0. The van der Waals surface area contributed by atoms with Crippen LogP contribution in [0.25, 0.3) is 5.65 Å². The lowest BCUT2D eigenvalue weighted by Gasteiger charge is -2.34. The van der Waals surface area contributed by atoms with Crippen LogP contribution in [0, 0.1) is 5.82 Å². The second-order valence-electron chi connectivity index (χ2n) is 6.46. The van der Waals surface area contributed by atoms with Crippen LogP contribution in [0.15, 0.2) is 42.6 Å². The van der Waals surface area contributed by atoms with Crippen molar-refractivity contribution in [3.8, 4) is 0 Å². The van der Waals surface area contributed by atoms with Crippen molar-refractivity contribution in [2.24, 2.45) is 0 Å². The largest absolute Gasteiger partial charge is 0.370 e. The van der Waals surface area contributed by atoms with E-state index >= 15 is 0 Å². The van der Waals surface area contributed by atoms with Gasteiger partial charge in [-0.2, -0.15) is 0 Å². The minimum Gasteiger partial charge on any atom is -0.370 e. The van der Waals surface area contributed by atoms with Crippen LogP contribution in [0.1, 0.15) is 41.9 Å². The highest BCUT2D eigenvalue weighted by Crippen LogP contribution is 2.32. The molecule has 0 bridgehead atoms. The van der Waals surface area contributed by atoms with Gasteiger partial charge in [-0.3, -0.25) is 9.20 Å². The average Bonchev–Trinajstić information content (AvgIpc) is 3.05. The fourth-order valence-corrected chi connectivity index (χ4v) is 3.67. The number of ketones is 1. The van der Waals surface area contributed by atoms with Gasteiger partial charge < -0.3 is 4.90 Å². The maximum Gasteiger partial charge on any atom is 0.164 e. The van der Waals surface area contributed by atoms with Crippen molar-refractivity contribution in [2.45, 2.75) is 25.7 Å². The van der Waals surface area contributed by atoms with Gasteiger partial charge >= 0.3 is 0 Å². The number of piperidine rings is 1. The van der Waals surface area contributed by atoms with E-state index in [1.165, 1.54) is 13.0 Å². The molecular weight excluding hydrogens is 319 g/mol. The third kappa shape index (κ3) is 2.77. The lowest BCUT2D eigenvalue weighted by atomic mass is 9.95. The first-order valence-corrected chi connectivity index (χ1v) is 8.49. The smallest absolute Gasteiger partial charge is 0.164 e. The predicted molar refractivity (Wildman–Crippen MR) is 93.6 cm³/mol. The average molecular weight is 338 g/mol. The molecule has 4 rings (SSSR count). The monoisotopic (exact) mass is 338 g/mol. The van der Waals surface area contributed by atoms with E-state index in [0.29, 0.717) is 12.2 Å². The van der Waals surface area contributed by atoms with Crippen LogP contribution in [0.3, 0.4) is 0 Å². The van der Waals surface area contributed by atoms with Gasteiger partial charge in [-0.25, -0.2) is 4.39 Å². The lowest BCUT2D eigenvalue weighted by molar-refractivity contribution is 0.101. The first-order valence-electron chi connectivity index (χ1n) is 8.49. The zero-order valence-electron chi connectivity index (χ0n) is 14.0. The number of fused-ring (bicyclic) bond motifs is 1. The van der Waals surface area contributed by atoms with Crippen LogP contribution in [0.5, 0.6) is 0 Å². The molecule has 1 aromatic carbocycles. The predicted octanol–water partition coefficient (Wildman–Crippen LogP) is 3.46. The van der Waals surface area contributed by atoms with Gasteiger partial charge in [-0.1, -0.05) is 12.1 Å². The molecular formula is C19H19FN4O. The molecule has 5 nitrogen and oxygen atoms in total. The van der Waals surface area contributed by atoms with E-state index in [4.69, 9.17) is 0 Å². The molecule has 6 heteroatoms. The van der Waals surface area contributed by atoms with E-state index < -0.39 is 5.82 Å². The van der Waals surface area contributed by atoms with Crippen molar-refractivity contribution < 1.29 is 9.18 Å². The molecule has 0 radical (unpaired) electrons. The van der Waals surface area contributed by atoms with Gasteiger partial charge in [-0.15, -0.1) is 10.2 Å². The second-order valence-corrected chi connectivity index (χ2v) is 6.46. The van der Waals surface area contributed by atoms with Crippen molar-refractivity contribution in [3.05, 3.63) is 59.8 Å². The Bertz CT molecular complexity index is 936. The fourth-order valence-electron chi connectivity index (χ4n) is 3.67. The molecule has 2 aromatic heterocycles.